The molecule has 1 nitrogen and oxygen atoms in total. The number of rotatable bonds is 6. The number of unbranched alkanes of at least 4 members (excludes halogenated alkanes) is 2. The molecule has 11 heavy (non-hydrogen) atoms. The van der Waals surface area contributed by atoms with Crippen LogP contribution in [0.15, 0.2) is 0 Å². The molecule has 0 rings (SSSR count). The molecular formula is C8H14Cl2O. The molecule has 0 aliphatic rings. The molecule has 0 fully saturated rings. The Morgan fingerprint density at radius 2 is 2.00 bits per heavy atom. The fourth-order valence-electron chi connectivity index (χ4n) is 0.846. The first-order chi connectivity index (χ1) is 5.16. The minimum atomic E-state index is -0.524. The van der Waals surface area contributed by atoms with E-state index in [1.54, 1.807) is 0 Å². The zero-order valence-electron chi connectivity index (χ0n) is 6.78. The van der Waals surface area contributed by atoms with Crippen molar-refractivity contribution in [2.45, 2.75) is 43.9 Å². The van der Waals surface area contributed by atoms with Gasteiger partial charge < -0.3 is 0 Å². The van der Waals surface area contributed by atoms with E-state index < -0.39 is 4.84 Å². The number of carbonyl (C=O) groups excluding carboxylic acids is 1. The topological polar surface area (TPSA) is 17.1 Å². The smallest absolute Gasteiger partial charge is 0.135 e. The van der Waals surface area contributed by atoms with E-state index in [9.17, 15) is 4.79 Å². The third kappa shape index (κ3) is 8.15. The average molecular weight is 197 g/mol. The second kappa shape index (κ2) is 6.93. The molecule has 0 aromatic carbocycles. The van der Waals surface area contributed by atoms with Gasteiger partial charge in [-0.15, -0.1) is 23.2 Å². The molecule has 0 bridgehead atoms. The van der Waals surface area contributed by atoms with Gasteiger partial charge in [-0.1, -0.05) is 19.8 Å². The molecule has 0 radical (unpaired) electrons. The summed E-state index contributed by atoms with van der Waals surface area (Å²) in [5.41, 5.74) is 0. The van der Waals surface area contributed by atoms with Crippen molar-refractivity contribution in [3.63, 3.8) is 0 Å². The predicted octanol–water partition coefficient (Wildman–Crippen LogP) is 3.33. The molecule has 0 unspecified atom stereocenters. The minimum Gasteiger partial charge on any atom is -0.300 e. The molecule has 0 amide bonds. The van der Waals surface area contributed by atoms with Crippen molar-refractivity contribution >= 4 is 29.0 Å². The summed E-state index contributed by atoms with van der Waals surface area (Å²) < 4.78 is 0. The lowest BCUT2D eigenvalue weighted by atomic mass is 10.1. The lowest BCUT2D eigenvalue weighted by molar-refractivity contribution is -0.118. The van der Waals surface area contributed by atoms with Crippen LogP contribution in [0.3, 0.4) is 0 Å². The Bertz CT molecular complexity index is 113. The van der Waals surface area contributed by atoms with Crippen LogP contribution < -0.4 is 0 Å². The van der Waals surface area contributed by atoms with E-state index in [0.717, 1.165) is 19.3 Å². The molecule has 0 aromatic heterocycles. The van der Waals surface area contributed by atoms with Crippen LogP contribution in [-0.4, -0.2) is 10.6 Å². The quantitative estimate of drug-likeness (QED) is 0.471. The summed E-state index contributed by atoms with van der Waals surface area (Å²) >= 11 is 10.9. The van der Waals surface area contributed by atoms with Gasteiger partial charge in [0.05, 0.1) is 0 Å². The van der Waals surface area contributed by atoms with Gasteiger partial charge in [-0.05, 0) is 6.42 Å². The fourth-order valence-corrected chi connectivity index (χ4v) is 1.19. The Balaban J connectivity index is 3.23. The summed E-state index contributed by atoms with van der Waals surface area (Å²) in [6.07, 6.45) is 4.14. The molecule has 0 aliphatic carbocycles. The van der Waals surface area contributed by atoms with E-state index in [0.29, 0.717) is 12.8 Å². The van der Waals surface area contributed by atoms with Crippen LogP contribution in [0, 0.1) is 0 Å². The maximum absolute atomic E-state index is 11.0. The second-order valence-electron chi connectivity index (χ2n) is 2.59. The van der Waals surface area contributed by atoms with Gasteiger partial charge in [-0.3, -0.25) is 4.79 Å². The second-order valence-corrected chi connectivity index (χ2v) is 3.87. The summed E-state index contributed by atoms with van der Waals surface area (Å²) in [5, 5.41) is 0. The van der Waals surface area contributed by atoms with Crippen LogP contribution in [0.5, 0.6) is 0 Å². The highest BCUT2D eigenvalue weighted by atomic mass is 35.5. The largest absolute Gasteiger partial charge is 0.300 e. The number of halogens is 2. The van der Waals surface area contributed by atoms with Crippen molar-refractivity contribution in [1.29, 1.82) is 0 Å². The standard InChI is InChI=1S/C8H14Cl2O/c1-2-3-4-5-7(11)6-8(9)10/h8H,2-6H2,1H3. The average Bonchev–Trinajstić information content (AvgIpc) is 1.86. The Morgan fingerprint density at radius 1 is 1.36 bits per heavy atom. The Labute approximate surface area is 78.1 Å². The highest BCUT2D eigenvalue weighted by molar-refractivity contribution is 6.45. The first-order valence-electron chi connectivity index (χ1n) is 3.96. The predicted molar refractivity (Wildman–Crippen MR) is 49.3 cm³/mol. The highest BCUT2D eigenvalue weighted by Crippen LogP contribution is 2.10. The molecule has 0 atom stereocenters. The number of carbonyl (C=O) groups is 1. The van der Waals surface area contributed by atoms with Crippen LogP contribution in [0.4, 0.5) is 0 Å². The lowest BCUT2D eigenvalue weighted by Gasteiger charge is -1.99. The van der Waals surface area contributed by atoms with Crippen molar-refractivity contribution in [2.75, 3.05) is 0 Å². The van der Waals surface area contributed by atoms with Crippen molar-refractivity contribution in [1.82, 2.24) is 0 Å². The van der Waals surface area contributed by atoms with Crippen molar-refractivity contribution in [3.8, 4) is 0 Å². The summed E-state index contributed by atoms with van der Waals surface area (Å²) in [6, 6.07) is 0. The van der Waals surface area contributed by atoms with Crippen LogP contribution in [0.2, 0.25) is 0 Å². The fraction of sp³-hybridized carbons (Fsp3) is 0.875. The molecule has 0 aromatic rings. The van der Waals surface area contributed by atoms with Gasteiger partial charge >= 0.3 is 0 Å². The van der Waals surface area contributed by atoms with Crippen molar-refractivity contribution in [3.05, 3.63) is 0 Å². The number of alkyl halides is 2. The van der Waals surface area contributed by atoms with Gasteiger partial charge in [0.15, 0.2) is 0 Å². The highest BCUT2D eigenvalue weighted by Gasteiger charge is 2.06. The normalized spacial score (nSPS) is 10.5. The third-order valence-corrected chi connectivity index (χ3v) is 1.75. The molecule has 66 valence electrons. The van der Waals surface area contributed by atoms with E-state index in [2.05, 4.69) is 6.92 Å². The monoisotopic (exact) mass is 196 g/mol. The number of hydrogen-bond acceptors (Lipinski definition) is 1. The number of hydrogen-bond donors (Lipinski definition) is 0. The first-order valence-corrected chi connectivity index (χ1v) is 4.84. The van der Waals surface area contributed by atoms with Crippen molar-refractivity contribution in [2.24, 2.45) is 0 Å². The summed E-state index contributed by atoms with van der Waals surface area (Å²) in [7, 11) is 0. The van der Waals surface area contributed by atoms with Crippen LogP contribution in [-0.2, 0) is 4.79 Å². The Morgan fingerprint density at radius 3 is 2.45 bits per heavy atom. The van der Waals surface area contributed by atoms with Crippen LogP contribution in [0.1, 0.15) is 39.0 Å². The summed E-state index contributed by atoms with van der Waals surface area (Å²) in [4.78, 5) is 10.4. The molecule has 0 heterocycles. The summed E-state index contributed by atoms with van der Waals surface area (Å²) in [5.74, 6) is 0.174. The van der Waals surface area contributed by atoms with Gasteiger partial charge in [0.25, 0.3) is 0 Å². The molecule has 0 saturated heterocycles. The Hall–Kier alpha value is 0.250. The van der Waals surface area contributed by atoms with E-state index in [1.165, 1.54) is 0 Å². The van der Waals surface area contributed by atoms with Gasteiger partial charge in [0, 0.05) is 12.8 Å². The molecule has 3 heteroatoms. The Kier molecular flexibility index (Phi) is 7.09. The van der Waals surface area contributed by atoms with E-state index in [1.807, 2.05) is 0 Å². The molecular weight excluding hydrogens is 183 g/mol. The van der Waals surface area contributed by atoms with Gasteiger partial charge in [0.2, 0.25) is 0 Å². The van der Waals surface area contributed by atoms with E-state index >= 15 is 0 Å². The van der Waals surface area contributed by atoms with Crippen molar-refractivity contribution < 1.29 is 4.79 Å². The van der Waals surface area contributed by atoms with E-state index in [4.69, 9.17) is 23.2 Å². The maximum Gasteiger partial charge on any atom is 0.135 e. The van der Waals surface area contributed by atoms with Crippen LogP contribution in [0.25, 0.3) is 0 Å². The molecule has 0 N–H and O–H groups in total. The number of Topliss-reactive ketones (excluding diaryl/α,β-unsaturated/α-hetero) is 1. The van der Waals surface area contributed by atoms with E-state index in [-0.39, 0.29) is 5.78 Å². The first kappa shape index (κ1) is 11.2. The number of ketones is 1. The molecule has 0 saturated carbocycles. The van der Waals surface area contributed by atoms with Crippen LogP contribution >= 0.6 is 23.2 Å². The maximum atomic E-state index is 11.0. The zero-order chi connectivity index (χ0) is 8.69. The van der Waals surface area contributed by atoms with Gasteiger partial charge in [0.1, 0.15) is 10.6 Å². The SMILES string of the molecule is CCCCCC(=O)CC(Cl)Cl. The van der Waals surface area contributed by atoms with Gasteiger partial charge in [-0.25, -0.2) is 0 Å². The molecule has 0 aliphatic heterocycles. The zero-order valence-corrected chi connectivity index (χ0v) is 8.29. The lowest BCUT2D eigenvalue weighted by Crippen LogP contribution is -2.02. The minimum absolute atomic E-state index is 0.174. The summed E-state index contributed by atoms with van der Waals surface area (Å²) in [6.45, 7) is 2.11. The third-order valence-electron chi connectivity index (χ3n) is 1.44. The molecule has 0 spiro atoms. The van der Waals surface area contributed by atoms with Gasteiger partial charge in [-0.2, -0.15) is 0 Å².